The number of amides is 1. The van der Waals surface area contributed by atoms with Crippen LogP contribution in [0.1, 0.15) is 39.5 Å². The quantitative estimate of drug-likeness (QED) is 0.828. The van der Waals surface area contributed by atoms with Gasteiger partial charge in [0.1, 0.15) is 0 Å². The zero-order chi connectivity index (χ0) is 13.3. The first kappa shape index (κ1) is 20.0. The molecule has 120 valence electrons. The van der Waals surface area contributed by atoms with E-state index in [9.17, 15) is 4.79 Å². The molecule has 2 aliphatic heterocycles. The highest BCUT2D eigenvalue weighted by molar-refractivity contribution is 5.85. The van der Waals surface area contributed by atoms with Gasteiger partial charge in [0.2, 0.25) is 5.91 Å². The van der Waals surface area contributed by atoms with Gasteiger partial charge in [-0.2, -0.15) is 0 Å². The molecule has 2 saturated heterocycles. The fraction of sp³-hybridized carbons (Fsp3) is 0.929. The van der Waals surface area contributed by atoms with Gasteiger partial charge in [0.15, 0.2) is 0 Å². The van der Waals surface area contributed by atoms with Gasteiger partial charge in [0.05, 0.1) is 6.04 Å². The van der Waals surface area contributed by atoms with E-state index >= 15 is 0 Å². The van der Waals surface area contributed by atoms with Gasteiger partial charge in [-0.15, -0.1) is 24.8 Å². The molecule has 0 saturated carbocycles. The molecule has 0 spiro atoms. The first-order valence-corrected chi connectivity index (χ1v) is 7.20. The minimum atomic E-state index is -0.0162. The Morgan fingerprint density at radius 1 is 1.15 bits per heavy atom. The summed E-state index contributed by atoms with van der Waals surface area (Å²) in [5, 5.41) is 6.87. The maximum absolute atomic E-state index is 12.4. The van der Waals surface area contributed by atoms with Crippen molar-refractivity contribution in [3.8, 4) is 0 Å². The van der Waals surface area contributed by atoms with Crippen LogP contribution in [0.2, 0.25) is 0 Å². The van der Waals surface area contributed by atoms with Crippen molar-refractivity contribution in [2.24, 2.45) is 5.92 Å². The Bertz CT molecular complexity index is 293. The summed E-state index contributed by atoms with van der Waals surface area (Å²) < 4.78 is 0. The van der Waals surface area contributed by atoms with Gasteiger partial charge in [0.25, 0.3) is 0 Å². The van der Waals surface area contributed by atoms with Crippen molar-refractivity contribution in [1.82, 2.24) is 15.5 Å². The molecule has 1 amide bonds. The molecule has 0 aromatic carbocycles. The number of hydrogen-bond acceptors (Lipinski definition) is 3. The van der Waals surface area contributed by atoms with E-state index in [0.29, 0.717) is 24.0 Å². The van der Waals surface area contributed by atoms with Gasteiger partial charge >= 0.3 is 0 Å². The second kappa shape index (κ2) is 8.42. The summed E-state index contributed by atoms with van der Waals surface area (Å²) in [5.74, 6) is 0.541. The highest BCUT2D eigenvalue weighted by Gasteiger charge is 2.35. The third-order valence-corrected chi connectivity index (χ3v) is 4.28. The van der Waals surface area contributed by atoms with Crippen LogP contribution in [0.3, 0.4) is 0 Å². The summed E-state index contributed by atoms with van der Waals surface area (Å²) in [4.78, 5) is 14.4. The van der Waals surface area contributed by atoms with E-state index in [0.717, 1.165) is 12.8 Å². The molecule has 2 aliphatic rings. The molecule has 3 atom stereocenters. The minimum absolute atomic E-state index is 0. The highest BCUT2D eigenvalue weighted by atomic mass is 35.5. The van der Waals surface area contributed by atoms with Crippen molar-refractivity contribution >= 4 is 30.7 Å². The Kier molecular flexibility index (Phi) is 8.41. The fourth-order valence-corrected chi connectivity index (χ4v) is 3.60. The van der Waals surface area contributed by atoms with Crippen LogP contribution in [0.5, 0.6) is 0 Å². The molecule has 20 heavy (non-hydrogen) atoms. The van der Waals surface area contributed by atoms with E-state index < -0.39 is 0 Å². The van der Waals surface area contributed by atoms with Crippen LogP contribution < -0.4 is 10.6 Å². The molecule has 2 heterocycles. The third-order valence-electron chi connectivity index (χ3n) is 4.28. The Morgan fingerprint density at radius 2 is 1.65 bits per heavy atom. The molecule has 2 rings (SSSR count). The van der Waals surface area contributed by atoms with Crippen molar-refractivity contribution in [2.75, 3.05) is 14.1 Å². The standard InChI is InChI=1S/C14H27N3O.2ClH/c1-9(2)13(17(3)4)14(18)16-12-7-10-5-6-11(8-12)15-10;;/h9-13,15H,5-8H2,1-4H3,(H,16,18);2*1H. The summed E-state index contributed by atoms with van der Waals surface area (Å²) in [6.07, 6.45) is 4.75. The van der Waals surface area contributed by atoms with Crippen LogP contribution in [0, 0.1) is 5.92 Å². The molecule has 2 bridgehead atoms. The molecule has 3 unspecified atom stereocenters. The average molecular weight is 326 g/mol. The van der Waals surface area contributed by atoms with Crippen molar-refractivity contribution < 1.29 is 4.79 Å². The number of halogens is 2. The van der Waals surface area contributed by atoms with E-state index in [-0.39, 0.29) is 36.8 Å². The number of nitrogens with zero attached hydrogens (tertiary/aromatic N) is 1. The average Bonchev–Trinajstić information content (AvgIpc) is 2.56. The molecule has 4 nitrogen and oxygen atoms in total. The second-order valence-corrected chi connectivity index (χ2v) is 6.47. The van der Waals surface area contributed by atoms with E-state index in [4.69, 9.17) is 0 Å². The fourth-order valence-electron chi connectivity index (χ4n) is 3.60. The highest BCUT2D eigenvalue weighted by Crippen LogP contribution is 2.27. The zero-order valence-corrected chi connectivity index (χ0v) is 14.5. The van der Waals surface area contributed by atoms with Crippen LogP contribution in [0.25, 0.3) is 0 Å². The molecule has 0 aromatic rings. The van der Waals surface area contributed by atoms with Crippen LogP contribution >= 0.6 is 24.8 Å². The second-order valence-electron chi connectivity index (χ2n) is 6.47. The summed E-state index contributed by atoms with van der Waals surface area (Å²) in [6.45, 7) is 4.22. The first-order valence-electron chi connectivity index (χ1n) is 7.20. The lowest BCUT2D eigenvalue weighted by Gasteiger charge is -2.33. The lowest BCUT2D eigenvalue weighted by Crippen LogP contribution is -2.53. The predicted molar refractivity (Wildman–Crippen MR) is 87.9 cm³/mol. The molecule has 0 aromatic heterocycles. The number of carbonyl (C=O) groups excluding carboxylic acids is 1. The normalized spacial score (nSPS) is 29.6. The van der Waals surface area contributed by atoms with Gasteiger partial charge in [0, 0.05) is 18.1 Å². The number of carbonyl (C=O) groups is 1. The molecule has 0 aliphatic carbocycles. The maximum Gasteiger partial charge on any atom is 0.237 e. The first-order chi connectivity index (χ1) is 8.47. The van der Waals surface area contributed by atoms with Crippen molar-refractivity contribution in [1.29, 1.82) is 0 Å². The monoisotopic (exact) mass is 325 g/mol. The SMILES string of the molecule is CC(C)C(C(=O)NC1CC2CCC(C1)N2)N(C)C.Cl.Cl. The zero-order valence-electron chi connectivity index (χ0n) is 12.9. The van der Waals surface area contributed by atoms with Gasteiger partial charge in [-0.1, -0.05) is 13.8 Å². The third kappa shape index (κ3) is 4.76. The number of rotatable bonds is 4. The van der Waals surface area contributed by atoms with Gasteiger partial charge in [-0.25, -0.2) is 0 Å². The van der Waals surface area contributed by atoms with Gasteiger partial charge < -0.3 is 10.6 Å². The number of nitrogens with one attached hydrogen (secondary N) is 2. The van der Waals surface area contributed by atoms with Crippen molar-refractivity contribution in [3.63, 3.8) is 0 Å². The van der Waals surface area contributed by atoms with E-state index in [1.807, 2.05) is 19.0 Å². The molecule has 2 N–H and O–H groups in total. The minimum Gasteiger partial charge on any atom is -0.352 e. The largest absolute Gasteiger partial charge is 0.352 e. The summed E-state index contributed by atoms with van der Waals surface area (Å²) in [5.41, 5.74) is 0. The maximum atomic E-state index is 12.4. The lowest BCUT2D eigenvalue weighted by atomic mass is 9.97. The summed E-state index contributed by atoms with van der Waals surface area (Å²) >= 11 is 0. The number of hydrogen-bond donors (Lipinski definition) is 2. The van der Waals surface area contributed by atoms with E-state index in [2.05, 4.69) is 24.5 Å². The van der Waals surface area contributed by atoms with E-state index in [1.165, 1.54) is 12.8 Å². The Balaban J connectivity index is 0.00000180. The Hall–Kier alpha value is -0.0300. The molecule has 2 fully saturated rings. The van der Waals surface area contributed by atoms with Gasteiger partial charge in [-0.3, -0.25) is 9.69 Å². The number of piperidine rings is 1. The Labute approximate surface area is 135 Å². The van der Waals surface area contributed by atoms with Crippen molar-refractivity contribution in [2.45, 2.75) is 63.7 Å². The van der Waals surface area contributed by atoms with Crippen LogP contribution in [0.4, 0.5) is 0 Å². The number of fused-ring (bicyclic) bond motifs is 2. The molecular formula is C14H29Cl2N3O. The van der Waals surface area contributed by atoms with Crippen LogP contribution in [-0.2, 0) is 4.79 Å². The van der Waals surface area contributed by atoms with Gasteiger partial charge in [-0.05, 0) is 45.7 Å². The van der Waals surface area contributed by atoms with Crippen LogP contribution in [0.15, 0.2) is 0 Å². The van der Waals surface area contributed by atoms with Crippen molar-refractivity contribution in [3.05, 3.63) is 0 Å². The molecular weight excluding hydrogens is 297 g/mol. The predicted octanol–water partition coefficient (Wildman–Crippen LogP) is 1.82. The smallest absolute Gasteiger partial charge is 0.237 e. The molecule has 6 heteroatoms. The van der Waals surface area contributed by atoms with E-state index in [1.54, 1.807) is 0 Å². The Morgan fingerprint density at radius 3 is 2.05 bits per heavy atom. The topological polar surface area (TPSA) is 44.4 Å². The van der Waals surface area contributed by atoms with Crippen LogP contribution in [-0.4, -0.2) is 49.1 Å². The lowest BCUT2D eigenvalue weighted by molar-refractivity contribution is -0.127. The summed E-state index contributed by atoms with van der Waals surface area (Å²) in [7, 11) is 3.97. The molecule has 0 radical (unpaired) electrons. The summed E-state index contributed by atoms with van der Waals surface area (Å²) in [6, 6.07) is 1.62. The number of likely N-dealkylation sites (N-methyl/N-ethyl adjacent to an activating group) is 1.